The number of aromatic hydroxyl groups is 1. The first-order chi connectivity index (χ1) is 11.8. The minimum Gasteiger partial charge on any atom is -0.507 e. The highest BCUT2D eigenvalue weighted by atomic mass is 79.9. The van der Waals surface area contributed by atoms with E-state index in [9.17, 15) is 24.6 Å². The number of Topliss-reactive ketones (excluding diaryl/α,β-unsaturated/α-hetero) is 1. The standard InChI is InChI=1S/C17H9BrO7/c1-6-5-8(19)11-12(13(6)18)17(25-16(11)23)14(20)10-7(15(21)22)3-2-4-9(10)24-17/h2-5,19H,1H3,(H,21,22)/t17-/m0/s1. The second kappa shape index (κ2) is 4.82. The Morgan fingerprint density at radius 1 is 1.20 bits per heavy atom. The van der Waals surface area contributed by atoms with Gasteiger partial charge in [-0.3, -0.25) is 4.79 Å². The minimum atomic E-state index is -2.15. The maximum atomic E-state index is 13.1. The normalized spacial score (nSPS) is 20.2. The minimum absolute atomic E-state index is 0.00144. The Kier molecular flexibility index (Phi) is 3.02. The number of benzene rings is 2. The van der Waals surface area contributed by atoms with Gasteiger partial charge in [0, 0.05) is 4.47 Å². The lowest BCUT2D eigenvalue weighted by Crippen LogP contribution is -2.38. The van der Waals surface area contributed by atoms with Crippen LogP contribution in [0.3, 0.4) is 0 Å². The van der Waals surface area contributed by atoms with Gasteiger partial charge < -0.3 is 19.7 Å². The monoisotopic (exact) mass is 404 g/mol. The number of ether oxygens (including phenoxy) is 2. The number of aromatic carboxylic acids is 1. The second-order valence-electron chi connectivity index (χ2n) is 5.70. The molecule has 0 aromatic heterocycles. The van der Waals surface area contributed by atoms with Gasteiger partial charge in [0.2, 0.25) is 0 Å². The quantitative estimate of drug-likeness (QED) is 0.702. The third-order valence-corrected chi connectivity index (χ3v) is 5.25. The van der Waals surface area contributed by atoms with Crippen molar-refractivity contribution in [3.63, 3.8) is 0 Å². The number of fused-ring (bicyclic) bond motifs is 3. The molecule has 0 saturated carbocycles. The van der Waals surface area contributed by atoms with Crippen LogP contribution in [0.1, 0.15) is 42.2 Å². The Bertz CT molecular complexity index is 1010. The summed E-state index contributed by atoms with van der Waals surface area (Å²) in [5.41, 5.74) is -0.0248. The smallest absolute Gasteiger partial charge is 0.348 e. The second-order valence-corrected chi connectivity index (χ2v) is 6.49. The van der Waals surface area contributed by atoms with Crippen molar-refractivity contribution in [2.45, 2.75) is 12.7 Å². The average Bonchev–Trinajstić information content (AvgIpc) is 3.00. The molecule has 7 nitrogen and oxygen atoms in total. The van der Waals surface area contributed by atoms with E-state index >= 15 is 0 Å². The van der Waals surface area contributed by atoms with Crippen molar-refractivity contribution in [3.05, 3.63) is 56.6 Å². The van der Waals surface area contributed by atoms with Crippen molar-refractivity contribution in [2.75, 3.05) is 0 Å². The predicted octanol–water partition coefficient (Wildman–Crippen LogP) is 2.76. The zero-order valence-electron chi connectivity index (χ0n) is 12.6. The number of phenols is 1. The van der Waals surface area contributed by atoms with E-state index in [1.807, 2.05) is 0 Å². The Morgan fingerprint density at radius 3 is 2.60 bits per heavy atom. The van der Waals surface area contributed by atoms with Gasteiger partial charge in [0.05, 0.1) is 16.7 Å². The van der Waals surface area contributed by atoms with Crippen molar-refractivity contribution < 1.29 is 34.1 Å². The number of aryl methyl sites for hydroxylation is 1. The lowest BCUT2D eigenvalue weighted by molar-refractivity contribution is -0.0982. The Morgan fingerprint density at radius 2 is 1.92 bits per heavy atom. The van der Waals surface area contributed by atoms with Crippen molar-refractivity contribution in [3.8, 4) is 11.5 Å². The number of carbonyl (C=O) groups excluding carboxylic acids is 2. The molecule has 0 unspecified atom stereocenters. The molecule has 126 valence electrons. The van der Waals surface area contributed by atoms with E-state index in [4.69, 9.17) is 9.47 Å². The van der Waals surface area contributed by atoms with Gasteiger partial charge in [0.25, 0.3) is 5.78 Å². The van der Waals surface area contributed by atoms with Crippen LogP contribution in [0.2, 0.25) is 0 Å². The topological polar surface area (TPSA) is 110 Å². The Labute approximate surface area is 148 Å². The first kappa shape index (κ1) is 15.6. The molecule has 4 rings (SSSR count). The Balaban J connectivity index is 2.03. The molecule has 2 aliphatic rings. The van der Waals surface area contributed by atoms with Crippen LogP contribution >= 0.6 is 15.9 Å². The maximum absolute atomic E-state index is 13.1. The van der Waals surface area contributed by atoms with Gasteiger partial charge in [0.15, 0.2) is 0 Å². The molecule has 0 aliphatic carbocycles. The number of hydrogen-bond donors (Lipinski definition) is 2. The van der Waals surface area contributed by atoms with Crippen LogP contribution in [0, 0.1) is 6.92 Å². The Hall–Kier alpha value is -2.87. The van der Waals surface area contributed by atoms with E-state index in [1.54, 1.807) is 6.92 Å². The van der Waals surface area contributed by atoms with Gasteiger partial charge in [0.1, 0.15) is 17.1 Å². The van der Waals surface area contributed by atoms with Crippen molar-refractivity contribution >= 4 is 33.7 Å². The lowest BCUT2D eigenvalue weighted by atomic mass is 9.93. The van der Waals surface area contributed by atoms with Crippen LogP contribution < -0.4 is 4.74 Å². The molecule has 0 saturated heterocycles. The summed E-state index contributed by atoms with van der Waals surface area (Å²) in [7, 11) is 0. The molecule has 25 heavy (non-hydrogen) atoms. The zero-order valence-corrected chi connectivity index (χ0v) is 14.2. The van der Waals surface area contributed by atoms with E-state index < -0.39 is 23.5 Å². The molecular formula is C17H9BrO7. The van der Waals surface area contributed by atoms with Crippen molar-refractivity contribution in [2.24, 2.45) is 0 Å². The molecule has 2 aromatic carbocycles. The number of ketones is 1. The fraction of sp³-hybridized carbons (Fsp3) is 0.118. The van der Waals surface area contributed by atoms with Gasteiger partial charge in [-0.25, -0.2) is 9.59 Å². The molecule has 1 atom stereocenters. The van der Waals surface area contributed by atoms with Gasteiger partial charge in [-0.05, 0) is 46.6 Å². The highest BCUT2D eigenvalue weighted by Gasteiger charge is 2.62. The largest absolute Gasteiger partial charge is 0.507 e. The molecule has 2 N–H and O–H groups in total. The number of halogens is 1. The van der Waals surface area contributed by atoms with Crippen LogP contribution in [0.25, 0.3) is 0 Å². The van der Waals surface area contributed by atoms with Gasteiger partial charge in [-0.2, -0.15) is 0 Å². The number of rotatable bonds is 1. The third kappa shape index (κ3) is 1.82. The summed E-state index contributed by atoms with van der Waals surface area (Å²) >= 11 is 3.31. The van der Waals surface area contributed by atoms with Gasteiger partial charge >= 0.3 is 17.7 Å². The summed E-state index contributed by atoms with van der Waals surface area (Å²) in [5.74, 6) is -5.53. The fourth-order valence-electron chi connectivity index (χ4n) is 3.15. The summed E-state index contributed by atoms with van der Waals surface area (Å²) in [6, 6.07) is 5.47. The van der Waals surface area contributed by atoms with Crippen LogP contribution in [0.4, 0.5) is 0 Å². The molecule has 0 amide bonds. The molecule has 8 heteroatoms. The number of esters is 1. The summed E-state index contributed by atoms with van der Waals surface area (Å²) in [6.07, 6.45) is 0. The molecule has 0 radical (unpaired) electrons. The molecule has 1 spiro atoms. The average molecular weight is 405 g/mol. The summed E-state index contributed by atoms with van der Waals surface area (Å²) in [5, 5.41) is 19.4. The van der Waals surface area contributed by atoms with Crippen molar-refractivity contribution in [1.82, 2.24) is 0 Å². The summed E-state index contributed by atoms with van der Waals surface area (Å²) in [6.45, 7) is 1.66. The van der Waals surface area contributed by atoms with Gasteiger partial charge in [-0.15, -0.1) is 0 Å². The first-order valence-corrected chi connectivity index (χ1v) is 7.93. The summed E-state index contributed by atoms with van der Waals surface area (Å²) < 4.78 is 11.2. The van der Waals surface area contributed by atoms with E-state index in [-0.39, 0.29) is 33.8 Å². The zero-order chi connectivity index (χ0) is 18.1. The number of hydrogen-bond acceptors (Lipinski definition) is 6. The lowest BCUT2D eigenvalue weighted by Gasteiger charge is -2.22. The fourth-order valence-corrected chi connectivity index (χ4v) is 3.72. The van der Waals surface area contributed by atoms with Crippen LogP contribution in [0.15, 0.2) is 28.7 Å². The molecule has 0 bridgehead atoms. The molecule has 2 heterocycles. The third-order valence-electron chi connectivity index (χ3n) is 4.23. The van der Waals surface area contributed by atoms with Crippen LogP contribution in [-0.4, -0.2) is 27.9 Å². The highest BCUT2D eigenvalue weighted by Crippen LogP contribution is 2.52. The number of carbonyl (C=O) groups is 3. The number of phenolic OH excluding ortho intramolecular Hbond substituents is 1. The van der Waals surface area contributed by atoms with E-state index in [1.165, 1.54) is 24.3 Å². The molecule has 2 aliphatic heterocycles. The predicted molar refractivity (Wildman–Crippen MR) is 86.0 cm³/mol. The highest BCUT2D eigenvalue weighted by molar-refractivity contribution is 9.10. The van der Waals surface area contributed by atoms with Crippen molar-refractivity contribution in [1.29, 1.82) is 0 Å². The first-order valence-electron chi connectivity index (χ1n) is 7.14. The van der Waals surface area contributed by atoms with Gasteiger partial charge in [-0.1, -0.05) is 6.07 Å². The number of carboxylic acids is 1. The molecule has 2 aromatic rings. The van der Waals surface area contributed by atoms with Crippen LogP contribution in [-0.2, 0) is 10.5 Å². The SMILES string of the molecule is Cc1cc(O)c2c(c1Br)[C@@]1(OC2=O)Oc2cccc(C(=O)O)c2C1=O. The van der Waals surface area contributed by atoms with Crippen LogP contribution in [0.5, 0.6) is 11.5 Å². The maximum Gasteiger partial charge on any atom is 0.348 e. The number of carboxylic acid groups (broad SMARTS) is 1. The molecular weight excluding hydrogens is 396 g/mol. The van der Waals surface area contributed by atoms with E-state index in [0.717, 1.165) is 0 Å². The van der Waals surface area contributed by atoms with E-state index in [0.29, 0.717) is 10.0 Å². The molecule has 0 fully saturated rings. The summed E-state index contributed by atoms with van der Waals surface area (Å²) in [4.78, 5) is 36.8. The van der Waals surface area contributed by atoms with E-state index in [2.05, 4.69) is 15.9 Å².